The number of hydrogen-bond acceptors (Lipinski definition) is 3. The van der Waals surface area contributed by atoms with Crippen LogP contribution in [0.2, 0.25) is 0 Å². The summed E-state index contributed by atoms with van der Waals surface area (Å²) in [4.78, 5) is 14.2. The highest BCUT2D eigenvalue weighted by Crippen LogP contribution is 2.23. The number of carbonyl (C=O) groups is 1. The summed E-state index contributed by atoms with van der Waals surface area (Å²) in [5.41, 5.74) is 0.658. The third kappa shape index (κ3) is 3.85. The normalized spacial score (nSPS) is 12.1. The molecule has 2 rings (SSSR count). The summed E-state index contributed by atoms with van der Waals surface area (Å²) >= 11 is 5.94. The summed E-state index contributed by atoms with van der Waals surface area (Å²) in [7, 11) is 0. The first kappa shape index (κ1) is 14.2. The fourth-order valence-corrected chi connectivity index (χ4v) is 2.99. The lowest BCUT2D eigenvalue weighted by Gasteiger charge is -2.16. The first-order chi connectivity index (χ1) is 9.20. The Hall–Kier alpha value is -1.26. The average Bonchev–Trinajstić information content (AvgIpc) is 2.92. The summed E-state index contributed by atoms with van der Waals surface area (Å²) in [5, 5.41) is 5.14. The number of thiophene rings is 1. The van der Waals surface area contributed by atoms with Crippen molar-refractivity contribution in [2.75, 3.05) is 0 Å². The molecule has 1 N–H and O–H groups in total. The number of nitrogens with one attached hydrogen (secondary N) is 1. The van der Waals surface area contributed by atoms with Gasteiger partial charge in [-0.1, -0.05) is 25.5 Å². The van der Waals surface area contributed by atoms with Gasteiger partial charge in [0.1, 0.15) is 0 Å². The van der Waals surface area contributed by atoms with Crippen LogP contribution in [0.3, 0.4) is 0 Å². The van der Waals surface area contributed by atoms with Gasteiger partial charge in [0.05, 0.1) is 6.04 Å². The predicted octanol–water partition coefficient (Wildman–Crippen LogP) is 4.31. The van der Waals surface area contributed by atoms with Crippen molar-refractivity contribution < 1.29 is 4.79 Å². The molecule has 19 heavy (non-hydrogen) atoms. The Morgan fingerprint density at radius 1 is 1.37 bits per heavy atom. The maximum Gasteiger partial charge on any atom is 0.251 e. The maximum atomic E-state index is 12.2. The first-order valence-electron chi connectivity index (χ1n) is 6.34. The number of carbonyl (C=O) groups excluding carboxylic acids is 1. The highest BCUT2D eigenvalue weighted by Gasteiger charge is 2.15. The van der Waals surface area contributed by atoms with Gasteiger partial charge in [-0.25, -0.2) is 0 Å². The Kier molecular flexibility index (Phi) is 5.05. The molecular formula is C15H17NOS2. The van der Waals surface area contributed by atoms with Crippen molar-refractivity contribution in [2.45, 2.75) is 30.7 Å². The van der Waals surface area contributed by atoms with E-state index in [2.05, 4.69) is 30.9 Å². The molecule has 1 atom stereocenters. The maximum absolute atomic E-state index is 12.2. The predicted molar refractivity (Wildman–Crippen MR) is 83.1 cm³/mol. The second-order valence-electron chi connectivity index (χ2n) is 4.38. The quantitative estimate of drug-likeness (QED) is 0.790. The fourth-order valence-electron chi connectivity index (χ4n) is 1.95. The number of rotatable bonds is 5. The molecule has 0 saturated heterocycles. The van der Waals surface area contributed by atoms with E-state index in [0.717, 1.165) is 17.7 Å². The van der Waals surface area contributed by atoms with Crippen LogP contribution < -0.4 is 5.32 Å². The highest BCUT2D eigenvalue weighted by molar-refractivity contribution is 7.80. The van der Waals surface area contributed by atoms with E-state index in [9.17, 15) is 4.79 Å². The molecule has 0 aliphatic rings. The van der Waals surface area contributed by atoms with Crippen LogP contribution in [-0.4, -0.2) is 5.91 Å². The van der Waals surface area contributed by atoms with Crippen molar-refractivity contribution in [3.05, 3.63) is 52.2 Å². The van der Waals surface area contributed by atoms with Crippen molar-refractivity contribution >= 4 is 29.9 Å². The third-order valence-electron chi connectivity index (χ3n) is 2.88. The Balaban J connectivity index is 2.11. The Morgan fingerprint density at radius 2 is 2.21 bits per heavy atom. The molecular weight excluding hydrogens is 274 g/mol. The van der Waals surface area contributed by atoms with Gasteiger partial charge < -0.3 is 5.32 Å². The molecule has 100 valence electrons. The molecule has 0 radical (unpaired) electrons. The second kappa shape index (κ2) is 6.78. The third-order valence-corrected chi connectivity index (χ3v) is 4.14. The molecule has 1 aromatic carbocycles. The van der Waals surface area contributed by atoms with Gasteiger partial charge in [0.2, 0.25) is 0 Å². The van der Waals surface area contributed by atoms with Gasteiger partial charge in [0.15, 0.2) is 0 Å². The molecule has 1 amide bonds. The van der Waals surface area contributed by atoms with E-state index >= 15 is 0 Å². The van der Waals surface area contributed by atoms with Crippen LogP contribution in [0.25, 0.3) is 0 Å². The van der Waals surface area contributed by atoms with E-state index in [1.807, 2.05) is 29.6 Å². The number of thiol groups is 1. The number of benzene rings is 1. The van der Waals surface area contributed by atoms with Crippen molar-refractivity contribution in [3.8, 4) is 0 Å². The van der Waals surface area contributed by atoms with E-state index in [4.69, 9.17) is 0 Å². The average molecular weight is 291 g/mol. The minimum atomic E-state index is -0.0391. The van der Waals surface area contributed by atoms with Gasteiger partial charge in [-0.05, 0) is 36.1 Å². The van der Waals surface area contributed by atoms with Crippen LogP contribution in [0.1, 0.15) is 41.0 Å². The Labute approximate surface area is 123 Å². The van der Waals surface area contributed by atoms with Gasteiger partial charge in [-0.3, -0.25) is 4.79 Å². The van der Waals surface area contributed by atoms with Crippen LogP contribution in [-0.2, 0) is 0 Å². The van der Waals surface area contributed by atoms with Crippen LogP contribution in [0.5, 0.6) is 0 Å². The Bertz CT molecular complexity index is 537. The number of amides is 1. The van der Waals surface area contributed by atoms with Gasteiger partial charge in [-0.15, -0.1) is 24.0 Å². The van der Waals surface area contributed by atoms with Crippen LogP contribution in [0, 0.1) is 0 Å². The van der Waals surface area contributed by atoms with Crippen molar-refractivity contribution in [1.82, 2.24) is 5.32 Å². The Morgan fingerprint density at radius 3 is 2.84 bits per heavy atom. The van der Waals surface area contributed by atoms with E-state index in [0.29, 0.717) is 5.56 Å². The molecule has 1 unspecified atom stereocenters. The van der Waals surface area contributed by atoms with Crippen LogP contribution in [0.15, 0.2) is 46.7 Å². The molecule has 0 spiro atoms. The minimum Gasteiger partial charge on any atom is -0.344 e. The van der Waals surface area contributed by atoms with E-state index < -0.39 is 0 Å². The van der Waals surface area contributed by atoms with E-state index in [1.165, 1.54) is 4.88 Å². The van der Waals surface area contributed by atoms with Crippen LogP contribution >= 0.6 is 24.0 Å². The SMILES string of the molecule is CCCC(NC(=O)c1cccc(S)c1)c1cccs1. The minimum absolute atomic E-state index is 0.0391. The van der Waals surface area contributed by atoms with E-state index in [1.54, 1.807) is 17.4 Å². The molecule has 2 aromatic rings. The van der Waals surface area contributed by atoms with Crippen molar-refractivity contribution in [2.24, 2.45) is 0 Å². The van der Waals surface area contributed by atoms with Crippen molar-refractivity contribution in [3.63, 3.8) is 0 Å². The molecule has 0 aliphatic carbocycles. The summed E-state index contributed by atoms with van der Waals surface area (Å²) < 4.78 is 0. The second-order valence-corrected chi connectivity index (χ2v) is 5.88. The monoisotopic (exact) mass is 291 g/mol. The molecule has 0 fully saturated rings. The molecule has 0 bridgehead atoms. The standard InChI is InChI=1S/C15H17NOS2/c1-2-5-13(14-8-4-9-19-14)16-15(17)11-6-3-7-12(18)10-11/h3-4,6-10,13,18H,2,5H2,1H3,(H,16,17). The molecule has 2 nitrogen and oxygen atoms in total. The smallest absolute Gasteiger partial charge is 0.251 e. The molecule has 4 heteroatoms. The molecule has 1 aromatic heterocycles. The van der Waals surface area contributed by atoms with E-state index in [-0.39, 0.29) is 11.9 Å². The fraction of sp³-hybridized carbons (Fsp3) is 0.267. The highest BCUT2D eigenvalue weighted by atomic mass is 32.1. The molecule has 1 heterocycles. The zero-order valence-electron chi connectivity index (χ0n) is 10.8. The number of hydrogen-bond donors (Lipinski definition) is 2. The zero-order chi connectivity index (χ0) is 13.7. The largest absolute Gasteiger partial charge is 0.344 e. The van der Waals surface area contributed by atoms with Crippen molar-refractivity contribution in [1.29, 1.82) is 0 Å². The first-order valence-corrected chi connectivity index (χ1v) is 7.66. The summed E-state index contributed by atoms with van der Waals surface area (Å²) in [5.74, 6) is -0.0391. The lowest BCUT2D eigenvalue weighted by Crippen LogP contribution is -2.27. The van der Waals surface area contributed by atoms with Gasteiger partial charge in [-0.2, -0.15) is 0 Å². The lowest BCUT2D eigenvalue weighted by atomic mass is 10.1. The van der Waals surface area contributed by atoms with Gasteiger partial charge in [0, 0.05) is 15.3 Å². The molecule has 0 saturated carbocycles. The molecule has 0 aliphatic heterocycles. The summed E-state index contributed by atoms with van der Waals surface area (Å²) in [6.45, 7) is 2.13. The van der Waals surface area contributed by atoms with Gasteiger partial charge in [0.25, 0.3) is 5.91 Å². The zero-order valence-corrected chi connectivity index (χ0v) is 12.5. The topological polar surface area (TPSA) is 29.1 Å². The van der Waals surface area contributed by atoms with Crippen LogP contribution in [0.4, 0.5) is 0 Å². The summed E-state index contributed by atoms with van der Waals surface area (Å²) in [6, 6.07) is 11.5. The summed E-state index contributed by atoms with van der Waals surface area (Å²) in [6.07, 6.45) is 1.99. The van der Waals surface area contributed by atoms with Gasteiger partial charge >= 0.3 is 0 Å². The lowest BCUT2D eigenvalue weighted by molar-refractivity contribution is 0.0935.